The molecule has 0 unspecified atom stereocenters. The third-order valence-electron chi connectivity index (χ3n) is 2.82. The lowest BCUT2D eigenvalue weighted by Crippen LogP contribution is -2.48. The highest BCUT2D eigenvalue weighted by atomic mass is 32.2. The zero-order chi connectivity index (χ0) is 11.9. The highest BCUT2D eigenvalue weighted by Gasteiger charge is 2.29. The first-order chi connectivity index (χ1) is 7.66. The smallest absolute Gasteiger partial charge is 0.314 e. The van der Waals surface area contributed by atoms with E-state index in [1.807, 2.05) is 11.8 Å². The molecule has 94 valence electrons. The molecule has 0 aromatic heterocycles. The Labute approximate surface area is 102 Å². The van der Waals surface area contributed by atoms with Gasteiger partial charge >= 0.3 is 6.03 Å². The molecule has 0 aliphatic carbocycles. The predicted octanol–water partition coefficient (Wildman–Crippen LogP) is 1.34. The summed E-state index contributed by atoms with van der Waals surface area (Å²) < 4.78 is 0. The number of rotatable bonds is 5. The molecule has 0 bridgehead atoms. The SMILES string of the molecule is CCCCNC(=O)NCC1(O)CCSCC1. The molecule has 0 aromatic carbocycles. The summed E-state index contributed by atoms with van der Waals surface area (Å²) in [6.07, 6.45) is 3.61. The summed E-state index contributed by atoms with van der Waals surface area (Å²) in [5.74, 6) is 1.96. The molecule has 5 heteroatoms. The van der Waals surface area contributed by atoms with Crippen molar-refractivity contribution in [2.75, 3.05) is 24.6 Å². The van der Waals surface area contributed by atoms with Crippen LogP contribution in [0, 0.1) is 0 Å². The first kappa shape index (κ1) is 13.6. The number of carbonyl (C=O) groups excluding carboxylic acids is 1. The lowest BCUT2D eigenvalue weighted by molar-refractivity contribution is 0.0347. The van der Waals surface area contributed by atoms with Crippen LogP contribution >= 0.6 is 11.8 Å². The van der Waals surface area contributed by atoms with Crippen LogP contribution in [0.5, 0.6) is 0 Å². The average Bonchev–Trinajstić information content (AvgIpc) is 2.28. The molecule has 0 spiro atoms. The molecular weight excluding hydrogens is 224 g/mol. The van der Waals surface area contributed by atoms with Gasteiger partial charge in [-0.2, -0.15) is 11.8 Å². The number of urea groups is 1. The normalized spacial score (nSPS) is 19.1. The number of amides is 2. The monoisotopic (exact) mass is 246 g/mol. The van der Waals surface area contributed by atoms with Crippen LogP contribution in [-0.4, -0.2) is 41.3 Å². The number of aliphatic hydroxyl groups is 1. The Morgan fingerprint density at radius 2 is 2.06 bits per heavy atom. The molecule has 0 saturated carbocycles. The summed E-state index contributed by atoms with van der Waals surface area (Å²) in [7, 11) is 0. The summed E-state index contributed by atoms with van der Waals surface area (Å²) in [4.78, 5) is 11.4. The summed E-state index contributed by atoms with van der Waals surface area (Å²) in [5.41, 5.74) is -0.687. The van der Waals surface area contributed by atoms with Gasteiger partial charge in [-0.15, -0.1) is 0 Å². The predicted molar refractivity (Wildman–Crippen MR) is 67.8 cm³/mol. The average molecular weight is 246 g/mol. The van der Waals surface area contributed by atoms with Crippen LogP contribution < -0.4 is 10.6 Å². The van der Waals surface area contributed by atoms with Gasteiger partial charge in [-0.05, 0) is 30.8 Å². The van der Waals surface area contributed by atoms with Gasteiger partial charge in [0.25, 0.3) is 0 Å². The fraction of sp³-hybridized carbons (Fsp3) is 0.909. The molecule has 16 heavy (non-hydrogen) atoms. The van der Waals surface area contributed by atoms with Crippen molar-refractivity contribution in [1.82, 2.24) is 10.6 Å². The van der Waals surface area contributed by atoms with Crippen molar-refractivity contribution in [2.45, 2.75) is 38.2 Å². The summed E-state index contributed by atoms with van der Waals surface area (Å²) in [6, 6.07) is -0.167. The largest absolute Gasteiger partial charge is 0.388 e. The van der Waals surface area contributed by atoms with Crippen molar-refractivity contribution in [3.05, 3.63) is 0 Å². The Hall–Kier alpha value is -0.420. The van der Waals surface area contributed by atoms with Gasteiger partial charge in [0.1, 0.15) is 0 Å². The molecule has 4 nitrogen and oxygen atoms in total. The maximum atomic E-state index is 11.4. The number of hydrogen-bond donors (Lipinski definition) is 3. The molecule has 0 aromatic rings. The molecule has 1 heterocycles. The lowest BCUT2D eigenvalue weighted by Gasteiger charge is -2.31. The second-order valence-electron chi connectivity index (χ2n) is 4.30. The Bertz CT molecular complexity index is 218. The molecule has 1 rings (SSSR count). The van der Waals surface area contributed by atoms with E-state index >= 15 is 0 Å². The third kappa shape index (κ3) is 5.07. The molecule has 0 atom stereocenters. The third-order valence-corrected chi connectivity index (χ3v) is 3.80. The molecule has 1 aliphatic heterocycles. The van der Waals surface area contributed by atoms with E-state index in [9.17, 15) is 9.90 Å². The van der Waals surface area contributed by atoms with Crippen molar-refractivity contribution in [3.8, 4) is 0 Å². The van der Waals surface area contributed by atoms with Crippen LogP contribution in [0.4, 0.5) is 4.79 Å². The van der Waals surface area contributed by atoms with Crippen molar-refractivity contribution >= 4 is 17.8 Å². The minimum Gasteiger partial charge on any atom is -0.388 e. The lowest BCUT2D eigenvalue weighted by atomic mass is 9.97. The topological polar surface area (TPSA) is 61.4 Å². The van der Waals surface area contributed by atoms with Crippen LogP contribution in [0.1, 0.15) is 32.6 Å². The number of thioether (sulfide) groups is 1. The highest BCUT2D eigenvalue weighted by molar-refractivity contribution is 7.99. The van der Waals surface area contributed by atoms with Crippen LogP contribution in [0.25, 0.3) is 0 Å². The number of hydrogen-bond acceptors (Lipinski definition) is 3. The highest BCUT2D eigenvalue weighted by Crippen LogP contribution is 2.25. The van der Waals surface area contributed by atoms with E-state index in [4.69, 9.17) is 0 Å². The first-order valence-corrected chi connectivity index (χ1v) is 7.13. The van der Waals surface area contributed by atoms with Gasteiger partial charge in [-0.25, -0.2) is 4.79 Å². The van der Waals surface area contributed by atoms with E-state index in [1.54, 1.807) is 0 Å². The van der Waals surface area contributed by atoms with Gasteiger partial charge in [0.2, 0.25) is 0 Å². The van der Waals surface area contributed by atoms with E-state index < -0.39 is 5.60 Å². The van der Waals surface area contributed by atoms with Gasteiger partial charge < -0.3 is 15.7 Å². The summed E-state index contributed by atoms with van der Waals surface area (Å²) >= 11 is 1.86. The maximum Gasteiger partial charge on any atom is 0.314 e. The quantitative estimate of drug-likeness (QED) is 0.642. The molecule has 3 N–H and O–H groups in total. The van der Waals surface area contributed by atoms with Gasteiger partial charge in [-0.3, -0.25) is 0 Å². The number of carbonyl (C=O) groups is 1. The molecule has 2 amide bonds. The van der Waals surface area contributed by atoms with Crippen molar-refractivity contribution in [1.29, 1.82) is 0 Å². The van der Waals surface area contributed by atoms with Gasteiger partial charge in [-0.1, -0.05) is 13.3 Å². The fourth-order valence-corrected chi connectivity index (χ4v) is 2.87. The van der Waals surface area contributed by atoms with Crippen LogP contribution in [0.15, 0.2) is 0 Å². The van der Waals surface area contributed by atoms with E-state index in [2.05, 4.69) is 17.6 Å². The summed E-state index contributed by atoms with van der Waals surface area (Å²) in [6.45, 7) is 3.16. The van der Waals surface area contributed by atoms with Crippen molar-refractivity contribution < 1.29 is 9.90 Å². The second-order valence-corrected chi connectivity index (χ2v) is 5.52. The van der Waals surface area contributed by atoms with Gasteiger partial charge in [0.05, 0.1) is 5.60 Å². The second kappa shape index (κ2) is 7.01. The van der Waals surface area contributed by atoms with E-state index in [0.29, 0.717) is 13.1 Å². The Balaban J connectivity index is 2.14. The standard InChI is InChI=1S/C11H22N2O2S/c1-2-3-6-12-10(14)13-9-11(15)4-7-16-8-5-11/h15H,2-9H2,1H3,(H2,12,13,14). The van der Waals surface area contributed by atoms with Gasteiger partial charge in [0.15, 0.2) is 0 Å². The maximum absolute atomic E-state index is 11.4. The van der Waals surface area contributed by atoms with Crippen molar-refractivity contribution in [3.63, 3.8) is 0 Å². The molecular formula is C11H22N2O2S. The minimum absolute atomic E-state index is 0.167. The Kier molecular flexibility index (Phi) is 5.98. The van der Waals surface area contributed by atoms with E-state index in [-0.39, 0.29) is 6.03 Å². The van der Waals surface area contributed by atoms with Crippen LogP contribution in [-0.2, 0) is 0 Å². The zero-order valence-corrected chi connectivity index (χ0v) is 10.7. The first-order valence-electron chi connectivity index (χ1n) is 5.98. The molecule has 1 aliphatic rings. The zero-order valence-electron chi connectivity index (χ0n) is 9.92. The van der Waals surface area contributed by atoms with Gasteiger partial charge in [0, 0.05) is 13.1 Å². The molecule has 1 fully saturated rings. The van der Waals surface area contributed by atoms with E-state index in [1.165, 1.54) is 0 Å². The number of unbranched alkanes of at least 4 members (excludes halogenated alkanes) is 1. The molecule has 1 saturated heterocycles. The van der Waals surface area contributed by atoms with Crippen LogP contribution in [0.3, 0.4) is 0 Å². The number of nitrogens with one attached hydrogen (secondary N) is 2. The van der Waals surface area contributed by atoms with Crippen molar-refractivity contribution in [2.24, 2.45) is 0 Å². The molecule has 0 radical (unpaired) electrons. The fourth-order valence-electron chi connectivity index (χ4n) is 1.61. The minimum atomic E-state index is -0.687. The Morgan fingerprint density at radius 1 is 1.38 bits per heavy atom. The summed E-state index contributed by atoms with van der Waals surface area (Å²) in [5, 5.41) is 15.7. The Morgan fingerprint density at radius 3 is 2.69 bits per heavy atom. The van der Waals surface area contributed by atoms with Crippen LogP contribution in [0.2, 0.25) is 0 Å². The van der Waals surface area contributed by atoms with E-state index in [0.717, 1.165) is 37.2 Å².